The van der Waals surface area contributed by atoms with Crippen LogP contribution in [0, 0.1) is 5.92 Å². The molecule has 226 valence electrons. The zero-order valence-corrected chi connectivity index (χ0v) is 25.1. The number of hydrogen-bond acceptors (Lipinski definition) is 8. The summed E-state index contributed by atoms with van der Waals surface area (Å²) in [6.45, 7) is 3.78. The average molecular weight is 627 g/mol. The summed E-state index contributed by atoms with van der Waals surface area (Å²) in [4.78, 5) is 25.7. The fourth-order valence-electron chi connectivity index (χ4n) is 4.91. The lowest BCUT2D eigenvalue weighted by molar-refractivity contribution is -0.146. The van der Waals surface area contributed by atoms with E-state index in [1.807, 2.05) is 13.8 Å². The summed E-state index contributed by atoms with van der Waals surface area (Å²) in [5.74, 6) is -1.64. The first-order chi connectivity index (χ1) is 19.9. The number of nitrogens with one attached hydrogen (secondary N) is 1. The highest BCUT2D eigenvalue weighted by Gasteiger charge is 2.44. The van der Waals surface area contributed by atoms with Gasteiger partial charge in [-0.15, -0.1) is 22.0 Å². The van der Waals surface area contributed by atoms with Gasteiger partial charge in [-0.05, 0) is 42.2 Å². The van der Waals surface area contributed by atoms with Crippen molar-refractivity contribution in [2.75, 3.05) is 21.3 Å². The number of nitrogens with zero attached hydrogens (tertiary/aromatic N) is 3. The molecule has 1 aliphatic rings. The summed E-state index contributed by atoms with van der Waals surface area (Å²) in [6, 6.07) is 8.82. The molecule has 0 bridgehead atoms. The average Bonchev–Trinajstić information content (AvgIpc) is 3.34. The molecule has 1 amide bonds. The molecule has 0 saturated carbocycles. The molecule has 4 rings (SSSR count). The maximum Gasteiger partial charge on any atom is 0.452 e. The van der Waals surface area contributed by atoms with Gasteiger partial charge in [0.15, 0.2) is 17.3 Å². The third kappa shape index (κ3) is 6.46. The predicted octanol–water partition coefficient (Wildman–Crippen LogP) is 5.93. The second-order valence-electron chi connectivity index (χ2n) is 9.98. The van der Waals surface area contributed by atoms with Crippen LogP contribution in [0.15, 0.2) is 36.4 Å². The molecule has 14 heteroatoms. The van der Waals surface area contributed by atoms with Gasteiger partial charge in [0.2, 0.25) is 11.7 Å². The molecule has 0 fully saturated rings. The summed E-state index contributed by atoms with van der Waals surface area (Å²) in [5.41, 5.74) is 1.18. The molecule has 0 unspecified atom stereocenters. The monoisotopic (exact) mass is 626 g/mol. The van der Waals surface area contributed by atoms with E-state index >= 15 is 0 Å². The smallest absolute Gasteiger partial charge is 0.452 e. The molecule has 42 heavy (non-hydrogen) atoms. The molecule has 3 atom stereocenters. The number of ether oxygens (including phenoxy) is 3. The van der Waals surface area contributed by atoms with Crippen LogP contribution in [0.1, 0.15) is 60.0 Å². The van der Waals surface area contributed by atoms with Crippen molar-refractivity contribution in [3.8, 4) is 17.2 Å². The van der Waals surface area contributed by atoms with Crippen molar-refractivity contribution in [3.63, 3.8) is 0 Å². The topological polar surface area (TPSA) is 105 Å². The standard InChI is InChI=1S/C28H30ClF3N4O5S/c1-14(2)11-18(26(38)41-5)33-22(37)13-21-25-34-35-27(28(30,31)32)36(25)19-10-9-15(29)12-17(19)24(42-21)16-7-6-8-20(39-3)23(16)40-4/h6-10,12,14,18,21,24H,11,13H2,1-5H3,(H,33,37)/t18-,21-,24-/m0/s1. The maximum atomic E-state index is 14.2. The van der Waals surface area contributed by atoms with Crippen LogP contribution < -0.4 is 14.8 Å². The molecule has 3 aromatic rings. The number of aromatic nitrogens is 3. The number of carbonyl (C=O) groups is 2. The van der Waals surface area contributed by atoms with E-state index in [2.05, 4.69) is 15.5 Å². The minimum atomic E-state index is -4.85. The van der Waals surface area contributed by atoms with E-state index in [4.69, 9.17) is 25.8 Å². The largest absolute Gasteiger partial charge is 0.493 e. The fourth-order valence-corrected chi connectivity index (χ4v) is 6.61. The Bertz CT molecular complexity index is 1470. The van der Waals surface area contributed by atoms with Crippen LogP contribution in [-0.2, 0) is 20.5 Å². The molecule has 0 radical (unpaired) electrons. The van der Waals surface area contributed by atoms with Crippen LogP contribution >= 0.6 is 23.4 Å². The van der Waals surface area contributed by atoms with Crippen molar-refractivity contribution >= 4 is 35.2 Å². The number of amides is 1. The summed E-state index contributed by atoms with van der Waals surface area (Å²) >= 11 is 7.57. The van der Waals surface area contributed by atoms with Crippen molar-refractivity contribution in [2.45, 2.75) is 49.4 Å². The Hall–Kier alpha value is -3.45. The second-order valence-corrected chi connectivity index (χ2v) is 11.7. The highest BCUT2D eigenvalue weighted by atomic mass is 35.5. The highest BCUT2D eigenvalue weighted by Crippen LogP contribution is 2.54. The summed E-state index contributed by atoms with van der Waals surface area (Å²) < 4.78 is 59.6. The Balaban J connectivity index is 1.88. The summed E-state index contributed by atoms with van der Waals surface area (Å²) in [5, 5.41) is 8.80. The Labute approximate surface area is 250 Å². The van der Waals surface area contributed by atoms with Gasteiger partial charge in [0, 0.05) is 17.0 Å². The van der Waals surface area contributed by atoms with Gasteiger partial charge < -0.3 is 19.5 Å². The number of halogens is 4. The van der Waals surface area contributed by atoms with Gasteiger partial charge in [-0.3, -0.25) is 9.36 Å². The minimum Gasteiger partial charge on any atom is -0.493 e. The first-order valence-corrected chi connectivity index (χ1v) is 14.3. The first kappa shape index (κ1) is 31.5. The number of fused-ring (bicyclic) bond motifs is 3. The number of thioether (sulfide) groups is 1. The summed E-state index contributed by atoms with van der Waals surface area (Å²) in [7, 11) is 4.16. The van der Waals surface area contributed by atoms with Crippen LogP contribution in [0.25, 0.3) is 5.69 Å². The van der Waals surface area contributed by atoms with E-state index in [1.165, 1.54) is 45.2 Å². The van der Waals surface area contributed by atoms with Crippen molar-refractivity contribution in [1.29, 1.82) is 0 Å². The fraction of sp³-hybridized carbons (Fsp3) is 0.429. The Morgan fingerprint density at radius 1 is 1.10 bits per heavy atom. The molecule has 1 N–H and O–H groups in total. The van der Waals surface area contributed by atoms with Gasteiger partial charge in [-0.1, -0.05) is 37.6 Å². The summed E-state index contributed by atoms with van der Waals surface area (Å²) in [6.07, 6.45) is -4.84. The normalized spacial score (nSPS) is 17.1. The van der Waals surface area contributed by atoms with Gasteiger partial charge in [0.1, 0.15) is 6.04 Å². The van der Waals surface area contributed by atoms with E-state index in [0.29, 0.717) is 34.1 Å². The molecule has 2 heterocycles. The molecule has 0 spiro atoms. The van der Waals surface area contributed by atoms with Crippen LogP contribution in [0.5, 0.6) is 11.5 Å². The van der Waals surface area contributed by atoms with Crippen LogP contribution in [-0.4, -0.2) is 54.0 Å². The number of alkyl halides is 3. The van der Waals surface area contributed by atoms with Gasteiger partial charge in [-0.2, -0.15) is 13.2 Å². The van der Waals surface area contributed by atoms with Gasteiger partial charge in [0.05, 0.1) is 37.5 Å². The van der Waals surface area contributed by atoms with Gasteiger partial charge in [0.25, 0.3) is 0 Å². The Kier molecular flexibility index (Phi) is 9.61. The van der Waals surface area contributed by atoms with Crippen LogP contribution in [0.2, 0.25) is 5.02 Å². The van der Waals surface area contributed by atoms with E-state index < -0.39 is 40.4 Å². The lowest BCUT2D eigenvalue weighted by Gasteiger charge is -2.24. The number of para-hydroxylation sites is 1. The maximum absolute atomic E-state index is 14.2. The van der Waals surface area contributed by atoms with Gasteiger partial charge >= 0.3 is 12.1 Å². The van der Waals surface area contributed by atoms with Gasteiger partial charge in [-0.25, -0.2) is 4.79 Å². The molecule has 0 aliphatic carbocycles. The second kappa shape index (κ2) is 12.8. The molecule has 1 aliphatic heterocycles. The van der Waals surface area contributed by atoms with E-state index in [-0.39, 0.29) is 23.9 Å². The zero-order valence-electron chi connectivity index (χ0n) is 23.5. The Morgan fingerprint density at radius 2 is 1.83 bits per heavy atom. The van der Waals surface area contributed by atoms with Crippen LogP contribution in [0.4, 0.5) is 13.2 Å². The predicted molar refractivity (Wildman–Crippen MR) is 151 cm³/mol. The molecule has 9 nitrogen and oxygen atoms in total. The number of carbonyl (C=O) groups excluding carboxylic acids is 2. The van der Waals surface area contributed by atoms with Crippen molar-refractivity contribution in [2.24, 2.45) is 5.92 Å². The molecular formula is C28H30ClF3N4O5S. The number of hydrogen-bond donors (Lipinski definition) is 1. The quantitative estimate of drug-likeness (QED) is 0.292. The molecule has 1 aromatic heterocycles. The van der Waals surface area contributed by atoms with E-state index in [9.17, 15) is 22.8 Å². The highest BCUT2D eigenvalue weighted by molar-refractivity contribution is 8.00. The number of rotatable bonds is 9. The van der Waals surface area contributed by atoms with Crippen molar-refractivity contribution in [3.05, 3.63) is 64.2 Å². The number of benzene rings is 2. The van der Waals surface area contributed by atoms with Crippen molar-refractivity contribution < 1.29 is 37.0 Å². The van der Waals surface area contributed by atoms with E-state index in [1.54, 1.807) is 24.3 Å². The third-order valence-corrected chi connectivity index (χ3v) is 8.38. The Morgan fingerprint density at radius 3 is 2.45 bits per heavy atom. The lowest BCUT2D eigenvalue weighted by atomic mass is 10.0. The van der Waals surface area contributed by atoms with E-state index in [0.717, 1.165) is 4.57 Å². The number of methoxy groups -OCH3 is 3. The lowest BCUT2D eigenvalue weighted by Crippen LogP contribution is -2.42. The molecule has 0 saturated heterocycles. The minimum absolute atomic E-state index is 0.0586. The zero-order chi connectivity index (χ0) is 30.8. The first-order valence-electron chi connectivity index (χ1n) is 12.9. The molecule has 2 aromatic carbocycles. The number of esters is 1. The van der Waals surface area contributed by atoms with Crippen molar-refractivity contribution in [1.82, 2.24) is 20.1 Å². The molecular weight excluding hydrogens is 597 g/mol. The van der Waals surface area contributed by atoms with Crippen LogP contribution in [0.3, 0.4) is 0 Å². The SMILES string of the molecule is COC(=O)[C@H](CC(C)C)NC(=O)C[C@@H]1S[C@@H](c2cccc(OC)c2OC)c2cc(Cl)ccc2-n2c1nnc2C(F)(F)F. The third-order valence-electron chi connectivity index (χ3n) is 6.66.